The average Bonchev–Trinajstić information content (AvgIpc) is 2.52. The highest BCUT2D eigenvalue weighted by atomic mass is 35.5. The van der Waals surface area contributed by atoms with Gasteiger partial charge >= 0.3 is 0 Å². The Labute approximate surface area is 140 Å². The summed E-state index contributed by atoms with van der Waals surface area (Å²) in [4.78, 5) is 0. The van der Waals surface area contributed by atoms with Crippen LogP contribution in [0.5, 0.6) is 0 Å². The minimum atomic E-state index is -0.410. The maximum atomic E-state index is 9.91. The van der Waals surface area contributed by atoms with E-state index in [-0.39, 0.29) is 0 Å². The maximum Gasteiger partial charge on any atom is 0.0781 e. The van der Waals surface area contributed by atoms with Crippen molar-refractivity contribution in [3.63, 3.8) is 0 Å². The molecule has 0 aliphatic carbocycles. The quantitative estimate of drug-likeness (QED) is 0.583. The van der Waals surface area contributed by atoms with Crippen LogP contribution in [-0.2, 0) is 6.42 Å². The largest absolute Gasteiger partial charge is 0.388 e. The molecule has 1 N–H and O–H groups in total. The Balaban J connectivity index is 2.49. The molecule has 1 aromatic rings. The summed E-state index contributed by atoms with van der Waals surface area (Å²) in [6.07, 6.45) is 7.01. The summed E-state index contributed by atoms with van der Waals surface area (Å²) in [5.74, 6) is 0.418. The molecule has 2 unspecified atom stereocenters. The summed E-state index contributed by atoms with van der Waals surface area (Å²) in [5.41, 5.74) is 5.27. The van der Waals surface area contributed by atoms with Gasteiger partial charge in [0, 0.05) is 5.54 Å². The average molecular weight is 319 g/mol. The van der Waals surface area contributed by atoms with E-state index in [0.29, 0.717) is 12.3 Å². The first-order valence-electron chi connectivity index (χ1n) is 7.86. The van der Waals surface area contributed by atoms with Crippen molar-refractivity contribution in [2.24, 2.45) is 5.92 Å². The van der Waals surface area contributed by atoms with Crippen molar-refractivity contribution < 1.29 is 5.11 Å². The SMILES string of the molecule is C=CCC(O)C(C)=CC(C)CCC(=CCl)Cc1ccccc1. The van der Waals surface area contributed by atoms with Gasteiger partial charge in [-0.15, -0.1) is 6.58 Å². The second-order valence-electron chi connectivity index (χ2n) is 5.90. The van der Waals surface area contributed by atoms with Gasteiger partial charge in [0.2, 0.25) is 0 Å². The molecule has 1 rings (SSSR count). The summed E-state index contributed by atoms with van der Waals surface area (Å²) >= 11 is 5.97. The molecule has 120 valence electrons. The van der Waals surface area contributed by atoms with E-state index in [1.807, 2.05) is 13.0 Å². The molecular formula is C20H27ClO. The third-order valence-corrected chi connectivity index (χ3v) is 4.12. The Bertz CT molecular complexity index is 502. The fraction of sp³-hybridized carbons (Fsp3) is 0.400. The van der Waals surface area contributed by atoms with E-state index < -0.39 is 6.10 Å². The maximum absolute atomic E-state index is 9.91. The fourth-order valence-corrected chi connectivity index (χ4v) is 2.63. The first-order valence-corrected chi connectivity index (χ1v) is 8.29. The van der Waals surface area contributed by atoms with Gasteiger partial charge < -0.3 is 5.11 Å². The first-order chi connectivity index (χ1) is 10.6. The highest BCUT2D eigenvalue weighted by Crippen LogP contribution is 2.20. The van der Waals surface area contributed by atoms with Crippen LogP contribution in [0.15, 0.2) is 65.7 Å². The number of aliphatic hydroxyl groups is 1. The molecule has 0 radical (unpaired) electrons. The lowest BCUT2D eigenvalue weighted by Crippen LogP contribution is -2.08. The molecule has 0 amide bonds. The lowest BCUT2D eigenvalue weighted by atomic mass is 9.95. The molecule has 0 fully saturated rings. The third kappa shape index (κ3) is 7.11. The monoisotopic (exact) mass is 318 g/mol. The molecule has 1 nitrogen and oxygen atoms in total. The van der Waals surface area contributed by atoms with Crippen LogP contribution in [0.3, 0.4) is 0 Å². The van der Waals surface area contributed by atoms with Gasteiger partial charge in [0.15, 0.2) is 0 Å². The smallest absolute Gasteiger partial charge is 0.0781 e. The van der Waals surface area contributed by atoms with Crippen molar-refractivity contribution in [1.29, 1.82) is 0 Å². The van der Waals surface area contributed by atoms with Gasteiger partial charge in [-0.25, -0.2) is 0 Å². The normalized spacial score (nSPS) is 15.5. The van der Waals surface area contributed by atoms with Gasteiger partial charge in [0.1, 0.15) is 0 Å². The van der Waals surface area contributed by atoms with Crippen LogP contribution in [0.2, 0.25) is 0 Å². The number of hydrogen-bond acceptors (Lipinski definition) is 1. The van der Waals surface area contributed by atoms with Gasteiger partial charge in [-0.3, -0.25) is 0 Å². The molecule has 22 heavy (non-hydrogen) atoms. The predicted octanol–water partition coefficient (Wildman–Crippen LogP) is 5.65. The van der Waals surface area contributed by atoms with Crippen molar-refractivity contribution >= 4 is 11.6 Å². The highest BCUT2D eigenvalue weighted by Gasteiger charge is 2.08. The van der Waals surface area contributed by atoms with E-state index in [1.54, 1.807) is 11.6 Å². The third-order valence-electron chi connectivity index (χ3n) is 3.81. The van der Waals surface area contributed by atoms with E-state index >= 15 is 0 Å². The second kappa shape index (κ2) is 10.4. The van der Waals surface area contributed by atoms with Crippen molar-refractivity contribution in [2.75, 3.05) is 0 Å². The zero-order chi connectivity index (χ0) is 16.4. The minimum absolute atomic E-state index is 0.410. The van der Waals surface area contributed by atoms with Gasteiger partial charge in [0.25, 0.3) is 0 Å². The summed E-state index contributed by atoms with van der Waals surface area (Å²) in [6, 6.07) is 10.4. The van der Waals surface area contributed by atoms with Crippen LogP contribution >= 0.6 is 11.6 Å². The van der Waals surface area contributed by atoms with Crippen LogP contribution in [-0.4, -0.2) is 11.2 Å². The van der Waals surface area contributed by atoms with Crippen LogP contribution < -0.4 is 0 Å². The molecule has 0 heterocycles. The summed E-state index contributed by atoms with van der Waals surface area (Å²) in [6.45, 7) is 7.82. The van der Waals surface area contributed by atoms with Crippen LogP contribution in [0.25, 0.3) is 0 Å². The zero-order valence-electron chi connectivity index (χ0n) is 13.6. The van der Waals surface area contributed by atoms with Crippen LogP contribution in [0.1, 0.15) is 38.7 Å². The summed E-state index contributed by atoms with van der Waals surface area (Å²) < 4.78 is 0. The van der Waals surface area contributed by atoms with Gasteiger partial charge in [-0.05, 0) is 49.7 Å². The van der Waals surface area contributed by atoms with Gasteiger partial charge in [-0.1, -0.05) is 66.6 Å². The van der Waals surface area contributed by atoms with Crippen LogP contribution in [0.4, 0.5) is 0 Å². The highest BCUT2D eigenvalue weighted by molar-refractivity contribution is 6.25. The molecule has 0 aliphatic heterocycles. The lowest BCUT2D eigenvalue weighted by Gasteiger charge is -2.13. The standard InChI is InChI=1S/C20H27ClO/c1-4-8-20(22)17(3)13-16(2)11-12-19(15-21)14-18-9-6-5-7-10-18/h4-7,9-10,13,15-16,20,22H,1,8,11-12,14H2,2-3H3. The molecule has 0 bridgehead atoms. The van der Waals surface area contributed by atoms with Crippen molar-refractivity contribution in [2.45, 2.75) is 45.6 Å². The molecule has 0 aliphatic rings. The molecule has 0 aromatic heterocycles. The molecular weight excluding hydrogens is 292 g/mol. The fourth-order valence-electron chi connectivity index (χ4n) is 2.44. The molecule has 1 aromatic carbocycles. The zero-order valence-corrected chi connectivity index (χ0v) is 14.4. The molecule has 2 atom stereocenters. The topological polar surface area (TPSA) is 20.2 Å². The molecule has 0 saturated heterocycles. The van der Waals surface area contributed by atoms with E-state index in [1.165, 1.54) is 11.1 Å². The predicted molar refractivity (Wildman–Crippen MR) is 97.1 cm³/mol. The Kier molecular flexibility index (Phi) is 8.88. The number of aliphatic hydroxyl groups excluding tert-OH is 1. The van der Waals surface area contributed by atoms with E-state index in [2.05, 4.69) is 43.8 Å². The molecule has 0 spiro atoms. The second-order valence-corrected chi connectivity index (χ2v) is 6.11. The first kappa shape index (κ1) is 18.7. The van der Waals surface area contributed by atoms with Crippen molar-refractivity contribution in [3.05, 3.63) is 71.3 Å². The van der Waals surface area contributed by atoms with Crippen molar-refractivity contribution in [3.8, 4) is 0 Å². The number of allylic oxidation sites excluding steroid dienone is 2. The Hall–Kier alpha value is -1.31. The number of halogens is 1. The molecule has 0 saturated carbocycles. The minimum Gasteiger partial charge on any atom is -0.388 e. The molecule has 2 heteroatoms. The summed E-state index contributed by atoms with van der Waals surface area (Å²) in [5, 5.41) is 9.91. The number of rotatable bonds is 9. The van der Waals surface area contributed by atoms with Gasteiger partial charge in [0.05, 0.1) is 6.10 Å². The van der Waals surface area contributed by atoms with E-state index in [0.717, 1.165) is 24.8 Å². The lowest BCUT2D eigenvalue weighted by molar-refractivity contribution is 0.213. The number of benzene rings is 1. The summed E-state index contributed by atoms with van der Waals surface area (Å²) in [7, 11) is 0. The Morgan fingerprint density at radius 2 is 2.00 bits per heavy atom. The Morgan fingerprint density at radius 1 is 1.32 bits per heavy atom. The van der Waals surface area contributed by atoms with Crippen LogP contribution in [0, 0.1) is 5.92 Å². The number of hydrogen-bond donors (Lipinski definition) is 1. The van der Waals surface area contributed by atoms with E-state index in [4.69, 9.17) is 11.6 Å². The van der Waals surface area contributed by atoms with Gasteiger partial charge in [-0.2, -0.15) is 0 Å². The Morgan fingerprint density at radius 3 is 2.59 bits per heavy atom. The van der Waals surface area contributed by atoms with E-state index in [9.17, 15) is 5.11 Å². The van der Waals surface area contributed by atoms with Crippen molar-refractivity contribution in [1.82, 2.24) is 0 Å².